The maximum Gasteiger partial charge on any atom is 0.413 e. The van der Waals surface area contributed by atoms with Crippen LogP contribution in [0.2, 0.25) is 0 Å². The van der Waals surface area contributed by atoms with Gasteiger partial charge in [-0.15, -0.1) is 0 Å². The zero-order valence-electron chi connectivity index (χ0n) is 6.31. The van der Waals surface area contributed by atoms with Crippen LogP contribution >= 0.6 is 0 Å². The van der Waals surface area contributed by atoms with Gasteiger partial charge in [0.05, 0.1) is 0 Å². The summed E-state index contributed by atoms with van der Waals surface area (Å²) in [6.07, 6.45) is -10.1. The smallest absolute Gasteiger partial charge is 0.260 e. The van der Waals surface area contributed by atoms with E-state index in [0.29, 0.717) is 0 Å². The minimum absolute atomic E-state index is 2.26. The molecule has 10 heteroatoms. The van der Waals surface area contributed by atoms with Crippen molar-refractivity contribution < 1.29 is 38.9 Å². The summed E-state index contributed by atoms with van der Waals surface area (Å²) in [5, 5.41) is 0. The number of rotatable bonds is 3. The maximum atomic E-state index is 11.4. The lowest BCUT2D eigenvalue weighted by atomic mass is 10.7. The van der Waals surface area contributed by atoms with Crippen molar-refractivity contribution in [3.63, 3.8) is 0 Å². The Labute approximate surface area is 74.8 Å². The van der Waals surface area contributed by atoms with Crippen LogP contribution in [-0.2, 0) is 14.3 Å². The van der Waals surface area contributed by atoms with Gasteiger partial charge in [0, 0.05) is 0 Å². The van der Waals surface area contributed by atoms with Gasteiger partial charge in [0.15, 0.2) is 12.4 Å². The van der Waals surface area contributed by atoms with E-state index in [4.69, 9.17) is 0 Å². The molecule has 0 aliphatic carbocycles. The van der Waals surface area contributed by atoms with Crippen LogP contribution in [-0.4, -0.2) is 33.1 Å². The lowest BCUT2D eigenvalue weighted by molar-refractivity contribution is -0.154. The predicted molar refractivity (Wildman–Crippen MR) is 31.8 cm³/mol. The van der Waals surface area contributed by atoms with Crippen LogP contribution in [0.1, 0.15) is 0 Å². The Balaban J connectivity index is 4.25. The topological polar surface area (TPSA) is 43.4 Å². The minimum Gasteiger partial charge on any atom is -0.260 e. The third-order valence-electron chi connectivity index (χ3n) is 0.743. The first-order valence-electron chi connectivity index (χ1n) is 2.92. The fourth-order valence-corrected chi connectivity index (χ4v) is 1.20. The Morgan fingerprint density at radius 2 is 1.36 bits per heavy atom. The van der Waals surface area contributed by atoms with Crippen LogP contribution in [0.25, 0.3) is 0 Å². The molecule has 0 amide bonds. The fourth-order valence-electron chi connectivity index (χ4n) is 0.399. The first-order valence-corrected chi connectivity index (χ1v) is 4.50. The standard InChI is InChI=1S/C4H4F6O3S/c5-3(6,7)1-13-14(11,12)2-4(8,9)10/h1-2H2. The van der Waals surface area contributed by atoms with Crippen LogP contribution in [0.3, 0.4) is 0 Å². The lowest BCUT2D eigenvalue weighted by Crippen LogP contribution is -2.28. The highest BCUT2D eigenvalue weighted by atomic mass is 32.2. The molecule has 3 nitrogen and oxygen atoms in total. The van der Waals surface area contributed by atoms with Gasteiger partial charge in [-0.2, -0.15) is 34.8 Å². The molecule has 86 valence electrons. The van der Waals surface area contributed by atoms with Crippen molar-refractivity contribution >= 4 is 10.1 Å². The van der Waals surface area contributed by atoms with Crippen molar-refractivity contribution in [3.05, 3.63) is 0 Å². The van der Waals surface area contributed by atoms with Gasteiger partial charge in [0.1, 0.15) is 0 Å². The molecular weight excluding hydrogens is 242 g/mol. The quantitative estimate of drug-likeness (QED) is 0.559. The second-order valence-corrected chi connectivity index (χ2v) is 3.83. The molecule has 0 fully saturated rings. The van der Waals surface area contributed by atoms with Gasteiger partial charge in [0.2, 0.25) is 0 Å². The summed E-state index contributed by atoms with van der Waals surface area (Å²) in [7, 11) is -5.22. The van der Waals surface area contributed by atoms with E-state index in [-0.39, 0.29) is 0 Å². The molecule has 0 rings (SSSR count). The van der Waals surface area contributed by atoms with Gasteiger partial charge in [-0.3, -0.25) is 4.18 Å². The van der Waals surface area contributed by atoms with E-state index in [2.05, 4.69) is 4.18 Å². The summed E-state index contributed by atoms with van der Waals surface area (Å²) in [5.41, 5.74) is 0. The highest BCUT2D eigenvalue weighted by Gasteiger charge is 2.38. The number of hydrogen-bond donors (Lipinski definition) is 0. The normalized spacial score (nSPS) is 14.4. The van der Waals surface area contributed by atoms with Crippen LogP contribution in [0.5, 0.6) is 0 Å². The first kappa shape index (κ1) is 13.5. The molecule has 0 aromatic heterocycles. The SMILES string of the molecule is O=S(=O)(CC(F)(F)F)OCC(F)(F)F. The van der Waals surface area contributed by atoms with Crippen molar-refractivity contribution in [2.24, 2.45) is 0 Å². The molecule has 0 aromatic carbocycles. The molecule has 0 aliphatic rings. The van der Waals surface area contributed by atoms with Gasteiger partial charge in [-0.25, -0.2) is 0 Å². The summed E-state index contributed by atoms with van der Waals surface area (Å²) < 4.78 is 91.9. The molecule has 0 spiro atoms. The van der Waals surface area contributed by atoms with Gasteiger partial charge >= 0.3 is 12.4 Å². The first-order chi connectivity index (χ1) is 5.91. The second kappa shape index (κ2) is 3.93. The maximum absolute atomic E-state index is 11.4. The predicted octanol–water partition coefficient (Wildman–Crippen LogP) is 1.46. The molecule has 0 unspecified atom stereocenters. The van der Waals surface area contributed by atoms with Crippen molar-refractivity contribution in [1.82, 2.24) is 0 Å². The summed E-state index contributed by atoms with van der Waals surface area (Å²) in [4.78, 5) is 0. The summed E-state index contributed by atoms with van der Waals surface area (Å²) >= 11 is 0. The van der Waals surface area contributed by atoms with E-state index in [1.54, 1.807) is 0 Å². The van der Waals surface area contributed by atoms with E-state index in [0.717, 1.165) is 0 Å². The fraction of sp³-hybridized carbons (Fsp3) is 1.00. The van der Waals surface area contributed by atoms with Crippen molar-refractivity contribution in [2.75, 3.05) is 12.4 Å². The Morgan fingerprint density at radius 1 is 0.929 bits per heavy atom. The summed E-state index contributed by atoms with van der Waals surface area (Å²) in [6.45, 7) is -2.26. The molecule has 0 aliphatic heterocycles. The highest BCUT2D eigenvalue weighted by molar-refractivity contribution is 7.86. The summed E-state index contributed by atoms with van der Waals surface area (Å²) in [6, 6.07) is 0. The number of hydrogen-bond acceptors (Lipinski definition) is 3. The van der Waals surface area contributed by atoms with Crippen molar-refractivity contribution in [1.29, 1.82) is 0 Å². The molecule has 0 N–H and O–H groups in total. The van der Waals surface area contributed by atoms with E-state index < -0.39 is 34.8 Å². The molecule has 0 atom stereocenters. The van der Waals surface area contributed by atoms with Crippen LogP contribution in [0.15, 0.2) is 0 Å². The molecule has 0 bridgehead atoms. The van der Waals surface area contributed by atoms with Crippen LogP contribution in [0, 0.1) is 0 Å². The van der Waals surface area contributed by atoms with Crippen LogP contribution in [0.4, 0.5) is 26.3 Å². The zero-order valence-corrected chi connectivity index (χ0v) is 7.13. The molecule has 0 aromatic rings. The largest absolute Gasteiger partial charge is 0.413 e. The van der Waals surface area contributed by atoms with Gasteiger partial charge in [-0.1, -0.05) is 0 Å². The minimum atomic E-state index is -5.22. The lowest BCUT2D eigenvalue weighted by Gasteiger charge is -2.09. The van der Waals surface area contributed by atoms with E-state index in [9.17, 15) is 34.8 Å². The number of halogens is 6. The third-order valence-corrected chi connectivity index (χ3v) is 1.90. The van der Waals surface area contributed by atoms with Crippen LogP contribution < -0.4 is 0 Å². The van der Waals surface area contributed by atoms with E-state index in [1.165, 1.54) is 0 Å². The third kappa shape index (κ3) is 8.10. The molecule has 0 saturated heterocycles. The molecule has 0 saturated carbocycles. The Bertz CT molecular complexity index is 274. The van der Waals surface area contributed by atoms with E-state index in [1.807, 2.05) is 0 Å². The number of alkyl halides is 6. The average molecular weight is 246 g/mol. The average Bonchev–Trinajstić information content (AvgIpc) is 1.76. The Hall–Kier alpha value is -0.510. The van der Waals surface area contributed by atoms with Gasteiger partial charge < -0.3 is 0 Å². The molecule has 0 radical (unpaired) electrons. The van der Waals surface area contributed by atoms with Gasteiger partial charge in [-0.05, 0) is 0 Å². The van der Waals surface area contributed by atoms with Crippen molar-refractivity contribution in [2.45, 2.75) is 12.4 Å². The molecule has 0 heterocycles. The van der Waals surface area contributed by atoms with Crippen molar-refractivity contribution in [3.8, 4) is 0 Å². The zero-order chi connectivity index (χ0) is 11.6. The Morgan fingerprint density at radius 3 is 1.64 bits per heavy atom. The Kier molecular flexibility index (Phi) is 3.78. The highest BCUT2D eigenvalue weighted by Crippen LogP contribution is 2.20. The monoisotopic (exact) mass is 246 g/mol. The van der Waals surface area contributed by atoms with E-state index >= 15 is 0 Å². The summed E-state index contributed by atoms with van der Waals surface area (Å²) in [5.74, 6) is -2.43. The molecule has 14 heavy (non-hydrogen) atoms. The second-order valence-electron chi connectivity index (χ2n) is 2.19. The van der Waals surface area contributed by atoms with Gasteiger partial charge in [0.25, 0.3) is 10.1 Å². The molecular formula is C4H4F6O3S.